The van der Waals surface area contributed by atoms with Gasteiger partial charge < -0.3 is 10.3 Å². The van der Waals surface area contributed by atoms with Gasteiger partial charge in [-0.1, -0.05) is 29.8 Å². The molecule has 2 N–H and O–H groups in total. The first-order chi connectivity index (χ1) is 7.77. The van der Waals surface area contributed by atoms with Crippen molar-refractivity contribution in [1.82, 2.24) is 15.3 Å². The zero-order chi connectivity index (χ0) is 11.4. The number of aromatic nitrogens is 2. The molecule has 2 aromatic rings. The van der Waals surface area contributed by atoms with E-state index in [1.54, 1.807) is 6.33 Å². The third kappa shape index (κ3) is 2.62. The van der Waals surface area contributed by atoms with Gasteiger partial charge in [-0.2, -0.15) is 0 Å². The highest BCUT2D eigenvalue weighted by Crippen LogP contribution is 2.14. The highest BCUT2D eigenvalue weighted by Gasteiger charge is 2.01. The van der Waals surface area contributed by atoms with Gasteiger partial charge in [0.25, 0.3) is 0 Å². The van der Waals surface area contributed by atoms with E-state index in [0.717, 1.165) is 35.1 Å². The molecule has 2 rings (SSSR count). The Morgan fingerprint density at radius 1 is 1.31 bits per heavy atom. The molecule has 1 aromatic carbocycles. The highest BCUT2D eigenvalue weighted by molar-refractivity contribution is 6.31. The SMILES string of the molecule is Cc1[nH]cnc1CNCc1ccccc1Cl. The average molecular weight is 236 g/mol. The molecule has 0 spiro atoms. The quantitative estimate of drug-likeness (QED) is 0.856. The molecule has 0 bridgehead atoms. The third-order valence-corrected chi connectivity index (χ3v) is 2.87. The predicted molar refractivity (Wildman–Crippen MR) is 65.3 cm³/mol. The predicted octanol–water partition coefficient (Wildman–Crippen LogP) is 2.66. The number of nitrogens with zero attached hydrogens (tertiary/aromatic N) is 1. The van der Waals surface area contributed by atoms with Gasteiger partial charge in [-0.05, 0) is 18.6 Å². The first-order valence-corrected chi connectivity index (χ1v) is 5.58. The summed E-state index contributed by atoms with van der Waals surface area (Å²) in [5, 5.41) is 4.12. The average Bonchev–Trinajstić information content (AvgIpc) is 2.67. The lowest BCUT2D eigenvalue weighted by molar-refractivity contribution is 0.679. The minimum atomic E-state index is 0.751. The van der Waals surface area contributed by atoms with Crippen molar-refractivity contribution in [2.45, 2.75) is 20.0 Å². The Morgan fingerprint density at radius 3 is 2.81 bits per heavy atom. The van der Waals surface area contributed by atoms with Crippen molar-refractivity contribution in [1.29, 1.82) is 0 Å². The van der Waals surface area contributed by atoms with E-state index >= 15 is 0 Å². The maximum atomic E-state index is 6.05. The Bertz CT molecular complexity index is 465. The fraction of sp³-hybridized carbons (Fsp3) is 0.250. The van der Waals surface area contributed by atoms with Gasteiger partial charge in [-0.15, -0.1) is 0 Å². The van der Waals surface area contributed by atoms with Crippen LogP contribution < -0.4 is 5.32 Å². The van der Waals surface area contributed by atoms with Crippen molar-refractivity contribution < 1.29 is 0 Å². The smallest absolute Gasteiger partial charge is 0.0925 e. The Hall–Kier alpha value is -1.32. The Morgan fingerprint density at radius 2 is 2.12 bits per heavy atom. The van der Waals surface area contributed by atoms with Gasteiger partial charge in [0.2, 0.25) is 0 Å². The minimum absolute atomic E-state index is 0.751. The second-order valence-electron chi connectivity index (χ2n) is 3.67. The summed E-state index contributed by atoms with van der Waals surface area (Å²) in [7, 11) is 0. The van der Waals surface area contributed by atoms with Crippen LogP contribution in [0.2, 0.25) is 5.02 Å². The first kappa shape index (κ1) is 11.2. The largest absolute Gasteiger partial charge is 0.348 e. The molecule has 0 aliphatic carbocycles. The van der Waals surface area contributed by atoms with Crippen molar-refractivity contribution in [3.8, 4) is 0 Å². The van der Waals surface area contributed by atoms with Gasteiger partial charge in [0.1, 0.15) is 0 Å². The van der Waals surface area contributed by atoms with E-state index in [9.17, 15) is 0 Å². The fourth-order valence-corrected chi connectivity index (χ4v) is 1.73. The van der Waals surface area contributed by atoms with E-state index < -0.39 is 0 Å². The number of halogens is 1. The summed E-state index contributed by atoms with van der Waals surface area (Å²) in [6, 6.07) is 7.84. The van der Waals surface area contributed by atoms with Gasteiger partial charge in [0, 0.05) is 23.8 Å². The fourth-order valence-electron chi connectivity index (χ4n) is 1.52. The number of benzene rings is 1. The number of hydrogen-bond donors (Lipinski definition) is 2. The Labute approximate surface area is 99.9 Å². The summed E-state index contributed by atoms with van der Waals surface area (Å²) in [5.74, 6) is 0. The van der Waals surface area contributed by atoms with Crippen LogP contribution in [0.4, 0.5) is 0 Å². The summed E-state index contributed by atoms with van der Waals surface area (Å²) in [6.45, 7) is 3.52. The van der Waals surface area contributed by atoms with Crippen LogP contribution in [0.25, 0.3) is 0 Å². The Balaban J connectivity index is 1.89. The molecule has 1 heterocycles. The number of aromatic amines is 1. The van der Waals surface area contributed by atoms with Crippen molar-refractivity contribution in [3.05, 3.63) is 52.6 Å². The summed E-state index contributed by atoms with van der Waals surface area (Å²) < 4.78 is 0. The van der Waals surface area contributed by atoms with Crippen molar-refractivity contribution in [2.24, 2.45) is 0 Å². The zero-order valence-corrected chi connectivity index (χ0v) is 9.88. The molecule has 4 heteroatoms. The van der Waals surface area contributed by atoms with Crippen molar-refractivity contribution in [2.75, 3.05) is 0 Å². The van der Waals surface area contributed by atoms with E-state index in [4.69, 9.17) is 11.6 Å². The monoisotopic (exact) mass is 235 g/mol. The van der Waals surface area contributed by atoms with Crippen LogP contribution in [0, 0.1) is 6.92 Å². The molecule has 0 radical (unpaired) electrons. The van der Waals surface area contributed by atoms with Crippen LogP contribution in [-0.4, -0.2) is 9.97 Å². The number of rotatable bonds is 4. The number of aryl methyl sites for hydroxylation is 1. The molecule has 0 saturated carbocycles. The van der Waals surface area contributed by atoms with Gasteiger partial charge in [-0.3, -0.25) is 0 Å². The second kappa shape index (κ2) is 5.14. The normalized spacial score (nSPS) is 10.6. The standard InChI is InChI=1S/C12H14ClN3/c1-9-12(16-8-15-9)7-14-6-10-4-2-3-5-11(10)13/h2-5,8,14H,6-7H2,1H3,(H,15,16). The molecule has 0 atom stereocenters. The molecular formula is C12H14ClN3. The van der Waals surface area contributed by atoms with Crippen LogP contribution in [0.15, 0.2) is 30.6 Å². The number of imidazole rings is 1. The summed E-state index contributed by atoms with van der Waals surface area (Å²) in [4.78, 5) is 7.27. The maximum Gasteiger partial charge on any atom is 0.0925 e. The summed E-state index contributed by atoms with van der Waals surface area (Å²) in [6.07, 6.45) is 1.71. The van der Waals surface area contributed by atoms with Gasteiger partial charge in [0.05, 0.1) is 12.0 Å². The van der Waals surface area contributed by atoms with Crippen LogP contribution >= 0.6 is 11.6 Å². The first-order valence-electron chi connectivity index (χ1n) is 5.20. The number of nitrogens with one attached hydrogen (secondary N) is 2. The van der Waals surface area contributed by atoms with Crippen molar-refractivity contribution in [3.63, 3.8) is 0 Å². The molecule has 84 valence electrons. The molecule has 0 aliphatic rings. The topological polar surface area (TPSA) is 40.7 Å². The number of H-pyrrole nitrogens is 1. The molecule has 0 unspecified atom stereocenters. The van der Waals surface area contributed by atoms with Crippen molar-refractivity contribution >= 4 is 11.6 Å². The molecular weight excluding hydrogens is 222 g/mol. The Kier molecular flexibility index (Phi) is 3.59. The van der Waals surface area contributed by atoms with E-state index in [-0.39, 0.29) is 0 Å². The van der Waals surface area contributed by atoms with Gasteiger partial charge in [-0.25, -0.2) is 4.98 Å². The molecule has 0 amide bonds. The summed E-state index contributed by atoms with van der Waals surface area (Å²) >= 11 is 6.05. The minimum Gasteiger partial charge on any atom is -0.348 e. The van der Waals surface area contributed by atoms with Crippen LogP contribution in [-0.2, 0) is 13.1 Å². The molecule has 0 fully saturated rings. The lowest BCUT2D eigenvalue weighted by Crippen LogP contribution is -2.13. The van der Waals surface area contributed by atoms with E-state index in [1.165, 1.54) is 0 Å². The number of hydrogen-bond acceptors (Lipinski definition) is 2. The van der Waals surface area contributed by atoms with E-state index in [2.05, 4.69) is 15.3 Å². The van der Waals surface area contributed by atoms with Gasteiger partial charge in [0.15, 0.2) is 0 Å². The molecule has 0 aliphatic heterocycles. The zero-order valence-electron chi connectivity index (χ0n) is 9.13. The van der Waals surface area contributed by atoms with Gasteiger partial charge >= 0.3 is 0 Å². The van der Waals surface area contributed by atoms with Crippen LogP contribution in [0.5, 0.6) is 0 Å². The summed E-state index contributed by atoms with van der Waals surface area (Å²) in [5.41, 5.74) is 3.26. The molecule has 3 nitrogen and oxygen atoms in total. The third-order valence-electron chi connectivity index (χ3n) is 2.50. The highest BCUT2D eigenvalue weighted by atomic mass is 35.5. The molecule has 0 saturated heterocycles. The van der Waals surface area contributed by atoms with E-state index in [1.807, 2.05) is 31.2 Å². The van der Waals surface area contributed by atoms with Crippen LogP contribution in [0.1, 0.15) is 17.0 Å². The van der Waals surface area contributed by atoms with Crippen LogP contribution in [0.3, 0.4) is 0 Å². The lowest BCUT2D eigenvalue weighted by Gasteiger charge is -2.05. The molecule has 1 aromatic heterocycles. The maximum absolute atomic E-state index is 6.05. The second-order valence-corrected chi connectivity index (χ2v) is 4.08. The van der Waals surface area contributed by atoms with E-state index in [0.29, 0.717) is 0 Å². The lowest BCUT2D eigenvalue weighted by atomic mass is 10.2. The molecule has 16 heavy (non-hydrogen) atoms.